The van der Waals surface area contributed by atoms with E-state index in [9.17, 15) is 5.11 Å². The van der Waals surface area contributed by atoms with Gasteiger partial charge in [-0.15, -0.1) is 0 Å². The van der Waals surface area contributed by atoms with E-state index < -0.39 is 6.10 Å². The van der Waals surface area contributed by atoms with Gasteiger partial charge >= 0.3 is 0 Å². The first-order valence-corrected chi connectivity index (χ1v) is 5.78. The molecule has 1 aromatic carbocycles. The van der Waals surface area contributed by atoms with Crippen LogP contribution in [0.5, 0.6) is 5.75 Å². The van der Waals surface area contributed by atoms with Crippen LogP contribution in [-0.2, 0) is 0 Å². The van der Waals surface area contributed by atoms with Crippen molar-refractivity contribution in [2.24, 2.45) is 5.73 Å². The molecule has 0 amide bonds. The minimum absolute atomic E-state index is 0.207. The Kier molecular flexibility index (Phi) is 4.99. The summed E-state index contributed by atoms with van der Waals surface area (Å²) in [4.78, 5) is 0. The molecule has 1 rings (SSSR count). The molecular weight excluding hydrogens is 270 g/mol. The molecule has 0 saturated heterocycles. The van der Waals surface area contributed by atoms with Crippen molar-refractivity contribution in [2.75, 3.05) is 13.2 Å². The molecule has 0 aliphatic rings. The van der Waals surface area contributed by atoms with Crippen LogP contribution < -0.4 is 10.5 Å². The predicted octanol–water partition coefficient (Wildman–Crippen LogP) is 2.40. The van der Waals surface area contributed by atoms with Crippen molar-refractivity contribution < 1.29 is 9.84 Å². The summed E-state index contributed by atoms with van der Waals surface area (Å²) in [5.41, 5.74) is 7.11. The minimum Gasteiger partial charge on any atom is -0.488 e. The van der Waals surface area contributed by atoms with Crippen molar-refractivity contribution in [1.82, 2.24) is 0 Å². The molecule has 0 spiro atoms. The highest BCUT2D eigenvalue weighted by atomic mass is 79.9. The number of ether oxygens (including phenoxy) is 1. The number of benzene rings is 1. The zero-order valence-corrected chi connectivity index (χ0v) is 10.8. The molecule has 1 aromatic rings. The molecule has 0 bridgehead atoms. The van der Waals surface area contributed by atoms with Gasteiger partial charge in [-0.3, -0.25) is 0 Å². The standard InChI is InChI=1S/C12H16BrNO2/c1-8(2)7-16-12-4-3-9(5-10(12)13)11(15)6-14/h3-5,11,15H,1,6-7,14H2,2H3. The summed E-state index contributed by atoms with van der Waals surface area (Å²) in [6.45, 7) is 6.36. The van der Waals surface area contributed by atoms with Gasteiger partial charge in [-0.1, -0.05) is 12.6 Å². The van der Waals surface area contributed by atoms with Gasteiger partial charge in [0.1, 0.15) is 12.4 Å². The van der Waals surface area contributed by atoms with Crippen LogP contribution in [0.25, 0.3) is 0 Å². The van der Waals surface area contributed by atoms with Crippen molar-refractivity contribution in [2.45, 2.75) is 13.0 Å². The van der Waals surface area contributed by atoms with Gasteiger partial charge in [0.05, 0.1) is 10.6 Å². The van der Waals surface area contributed by atoms with E-state index in [2.05, 4.69) is 22.5 Å². The average Bonchev–Trinajstić information content (AvgIpc) is 2.26. The maximum absolute atomic E-state index is 9.56. The molecule has 1 unspecified atom stereocenters. The Hall–Kier alpha value is -0.840. The summed E-state index contributed by atoms with van der Waals surface area (Å²) in [5.74, 6) is 0.732. The maximum Gasteiger partial charge on any atom is 0.133 e. The maximum atomic E-state index is 9.56. The summed E-state index contributed by atoms with van der Waals surface area (Å²) in [6.07, 6.45) is -0.633. The second-order valence-electron chi connectivity index (χ2n) is 3.69. The summed E-state index contributed by atoms with van der Waals surface area (Å²) in [6, 6.07) is 5.42. The molecule has 0 radical (unpaired) electrons. The Bertz CT molecular complexity index is 379. The summed E-state index contributed by atoms with van der Waals surface area (Å²) >= 11 is 3.39. The highest BCUT2D eigenvalue weighted by molar-refractivity contribution is 9.10. The number of hydrogen-bond acceptors (Lipinski definition) is 3. The lowest BCUT2D eigenvalue weighted by Gasteiger charge is -2.12. The molecule has 0 aliphatic carbocycles. The second kappa shape index (κ2) is 6.03. The number of aliphatic hydroxyl groups is 1. The third-order valence-corrected chi connectivity index (χ3v) is 2.66. The van der Waals surface area contributed by atoms with Crippen LogP contribution in [0.1, 0.15) is 18.6 Å². The molecule has 3 nitrogen and oxygen atoms in total. The van der Waals surface area contributed by atoms with E-state index in [0.717, 1.165) is 21.4 Å². The monoisotopic (exact) mass is 285 g/mol. The van der Waals surface area contributed by atoms with E-state index in [-0.39, 0.29) is 6.54 Å². The molecule has 0 fully saturated rings. The molecule has 3 N–H and O–H groups in total. The largest absolute Gasteiger partial charge is 0.488 e. The highest BCUT2D eigenvalue weighted by Crippen LogP contribution is 2.28. The molecule has 0 heterocycles. The molecule has 0 saturated carbocycles. The Balaban J connectivity index is 2.79. The molecule has 88 valence electrons. The fourth-order valence-electron chi connectivity index (χ4n) is 1.18. The Morgan fingerprint density at radius 2 is 2.31 bits per heavy atom. The number of hydrogen-bond donors (Lipinski definition) is 2. The smallest absolute Gasteiger partial charge is 0.133 e. The Morgan fingerprint density at radius 3 is 2.81 bits per heavy atom. The third-order valence-electron chi connectivity index (χ3n) is 2.04. The fourth-order valence-corrected chi connectivity index (χ4v) is 1.69. The highest BCUT2D eigenvalue weighted by Gasteiger charge is 2.08. The first-order valence-electron chi connectivity index (χ1n) is 4.99. The number of aliphatic hydroxyl groups excluding tert-OH is 1. The van der Waals surface area contributed by atoms with Crippen LogP contribution in [-0.4, -0.2) is 18.3 Å². The van der Waals surface area contributed by atoms with Gasteiger partial charge in [0, 0.05) is 6.54 Å². The SMILES string of the molecule is C=C(C)COc1ccc(C(O)CN)cc1Br. The first-order chi connectivity index (χ1) is 7.54. The van der Waals surface area contributed by atoms with Crippen molar-refractivity contribution in [3.8, 4) is 5.75 Å². The van der Waals surface area contributed by atoms with E-state index in [1.54, 1.807) is 12.1 Å². The Labute approximate surface area is 104 Å². The van der Waals surface area contributed by atoms with Crippen LogP contribution in [0.3, 0.4) is 0 Å². The zero-order valence-electron chi connectivity index (χ0n) is 9.24. The van der Waals surface area contributed by atoms with Crippen LogP contribution >= 0.6 is 15.9 Å². The normalized spacial score (nSPS) is 12.2. The van der Waals surface area contributed by atoms with E-state index in [1.807, 2.05) is 13.0 Å². The molecule has 0 aromatic heterocycles. The van der Waals surface area contributed by atoms with Crippen LogP contribution in [0, 0.1) is 0 Å². The number of halogens is 1. The minimum atomic E-state index is -0.633. The van der Waals surface area contributed by atoms with Gasteiger partial charge in [-0.2, -0.15) is 0 Å². The molecule has 16 heavy (non-hydrogen) atoms. The molecule has 0 aliphatic heterocycles. The molecule has 4 heteroatoms. The second-order valence-corrected chi connectivity index (χ2v) is 4.54. The Morgan fingerprint density at radius 1 is 1.62 bits per heavy atom. The van der Waals surface area contributed by atoms with Gasteiger partial charge in [0.15, 0.2) is 0 Å². The lowest BCUT2D eigenvalue weighted by molar-refractivity contribution is 0.186. The summed E-state index contributed by atoms with van der Waals surface area (Å²) < 4.78 is 6.31. The lowest BCUT2D eigenvalue weighted by Crippen LogP contribution is -2.11. The number of rotatable bonds is 5. The van der Waals surface area contributed by atoms with Crippen molar-refractivity contribution in [3.63, 3.8) is 0 Å². The van der Waals surface area contributed by atoms with Crippen LogP contribution in [0.15, 0.2) is 34.8 Å². The quantitative estimate of drug-likeness (QED) is 0.817. The molecule has 1 atom stereocenters. The van der Waals surface area contributed by atoms with Crippen molar-refractivity contribution >= 4 is 15.9 Å². The first kappa shape index (κ1) is 13.2. The topological polar surface area (TPSA) is 55.5 Å². The van der Waals surface area contributed by atoms with Crippen LogP contribution in [0.4, 0.5) is 0 Å². The van der Waals surface area contributed by atoms with Gasteiger partial charge in [-0.25, -0.2) is 0 Å². The summed E-state index contributed by atoms with van der Waals surface area (Å²) in [7, 11) is 0. The average molecular weight is 286 g/mol. The molecular formula is C12H16BrNO2. The van der Waals surface area contributed by atoms with E-state index in [0.29, 0.717) is 6.61 Å². The van der Waals surface area contributed by atoms with E-state index >= 15 is 0 Å². The van der Waals surface area contributed by atoms with E-state index in [1.165, 1.54) is 0 Å². The van der Waals surface area contributed by atoms with Gasteiger partial charge in [0.25, 0.3) is 0 Å². The lowest BCUT2D eigenvalue weighted by atomic mass is 10.1. The van der Waals surface area contributed by atoms with Gasteiger partial charge < -0.3 is 15.6 Å². The zero-order chi connectivity index (χ0) is 12.1. The van der Waals surface area contributed by atoms with Gasteiger partial charge in [0.2, 0.25) is 0 Å². The summed E-state index contributed by atoms with van der Waals surface area (Å²) in [5, 5.41) is 9.56. The fraction of sp³-hybridized carbons (Fsp3) is 0.333. The third kappa shape index (κ3) is 3.63. The van der Waals surface area contributed by atoms with Crippen molar-refractivity contribution in [3.05, 3.63) is 40.4 Å². The predicted molar refractivity (Wildman–Crippen MR) is 68.5 cm³/mol. The van der Waals surface area contributed by atoms with Gasteiger partial charge in [-0.05, 0) is 46.1 Å². The van der Waals surface area contributed by atoms with E-state index in [4.69, 9.17) is 10.5 Å². The van der Waals surface area contributed by atoms with Crippen molar-refractivity contribution in [1.29, 1.82) is 0 Å². The van der Waals surface area contributed by atoms with Crippen LogP contribution in [0.2, 0.25) is 0 Å². The number of nitrogens with two attached hydrogens (primary N) is 1.